The third-order valence-corrected chi connectivity index (χ3v) is 4.58. The summed E-state index contributed by atoms with van der Waals surface area (Å²) in [6.07, 6.45) is 0.902. The van der Waals surface area contributed by atoms with Gasteiger partial charge in [0.1, 0.15) is 5.69 Å². The Morgan fingerprint density at radius 2 is 1.89 bits per heavy atom. The molecule has 1 atom stereocenters. The SMILES string of the molecule is CC1Cc2ccccc2N1C(=O)c1ccc(=O)n(CCC(=O)NC(C)(C)C)n1. The summed E-state index contributed by atoms with van der Waals surface area (Å²) in [5, 5.41) is 7.08. The molecule has 0 saturated carbocycles. The largest absolute Gasteiger partial charge is 0.351 e. The number of nitrogens with zero attached hydrogens (tertiary/aromatic N) is 3. The van der Waals surface area contributed by atoms with Gasteiger partial charge in [0.25, 0.3) is 11.5 Å². The van der Waals surface area contributed by atoms with E-state index >= 15 is 0 Å². The van der Waals surface area contributed by atoms with Crippen LogP contribution in [0.2, 0.25) is 0 Å². The topological polar surface area (TPSA) is 84.3 Å². The summed E-state index contributed by atoms with van der Waals surface area (Å²) in [5.41, 5.74) is 1.51. The fraction of sp³-hybridized carbons (Fsp3) is 0.429. The molecule has 0 fully saturated rings. The first-order valence-electron chi connectivity index (χ1n) is 9.46. The van der Waals surface area contributed by atoms with Crippen molar-refractivity contribution in [2.75, 3.05) is 4.90 Å². The first kappa shape index (κ1) is 19.8. The number of anilines is 1. The van der Waals surface area contributed by atoms with Gasteiger partial charge in [0.05, 0.1) is 6.54 Å². The van der Waals surface area contributed by atoms with E-state index in [1.54, 1.807) is 4.90 Å². The summed E-state index contributed by atoms with van der Waals surface area (Å²) < 4.78 is 1.18. The van der Waals surface area contributed by atoms with E-state index in [0.717, 1.165) is 17.7 Å². The quantitative estimate of drug-likeness (QED) is 0.878. The van der Waals surface area contributed by atoms with E-state index in [2.05, 4.69) is 10.4 Å². The van der Waals surface area contributed by atoms with Gasteiger partial charge in [0.2, 0.25) is 5.91 Å². The number of aryl methyl sites for hydroxylation is 1. The molecule has 2 aromatic rings. The van der Waals surface area contributed by atoms with Gasteiger partial charge in [-0.15, -0.1) is 0 Å². The average molecular weight is 382 g/mol. The van der Waals surface area contributed by atoms with Gasteiger partial charge in [0.15, 0.2) is 0 Å². The highest BCUT2D eigenvalue weighted by atomic mass is 16.2. The molecular weight excluding hydrogens is 356 g/mol. The van der Waals surface area contributed by atoms with Crippen molar-refractivity contribution in [2.24, 2.45) is 0 Å². The monoisotopic (exact) mass is 382 g/mol. The van der Waals surface area contributed by atoms with Crippen molar-refractivity contribution >= 4 is 17.5 Å². The molecule has 148 valence electrons. The van der Waals surface area contributed by atoms with E-state index < -0.39 is 0 Å². The minimum atomic E-state index is -0.341. The zero-order valence-corrected chi connectivity index (χ0v) is 16.7. The zero-order valence-electron chi connectivity index (χ0n) is 16.7. The van der Waals surface area contributed by atoms with Crippen LogP contribution in [0, 0.1) is 0 Å². The van der Waals surface area contributed by atoms with Crippen molar-refractivity contribution in [3.05, 3.63) is 58.0 Å². The maximum absolute atomic E-state index is 13.1. The molecule has 1 aliphatic rings. The molecule has 2 amide bonds. The van der Waals surface area contributed by atoms with E-state index in [0.29, 0.717) is 0 Å². The van der Waals surface area contributed by atoms with Crippen LogP contribution in [-0.4, -0.2) is 33.2 Å². The van der Waals surface area contributed by atoms with Crippen LogP contribution in [-0.2, 0) is 17.8 Å². The number of para-hydroxylation sites is 1. The Hall–Kier alpha value is -2.96. The molecule has 1 unspecified atom stereocenters. The molecule has 0 saturated heterocycles. The number of carbonyl (C=O) groups is 2. The molecule has 0 aliphatic carbocycles. The minimum absolute atomic E-state index is 0.0182. The van der Waals surface area contributed by atoms with Crippen LogP contribution in [0.1, 0.15) is 50.2 Å². The summed E-state index contributed by atoms with van der Waals surface area (Å²) in [6.45, 7) is 7.79. The number of rotatable bonds is 4. The van der Waals surface area contributed by atoms with Crippen LogP contribution in [0.4, 0.5) is 5.69 Å². The summed E-state index contributed by atoms with van der Waals surface area (Å²) >= 11 is 0. The van der Waals surface area contributed by atoms with Gasteiger partial charge >= 0.3 is 0 Å². The summed E-state index contributed by atoms with van der Waals surface area (Å²) in [4.78, 5) is 38.9. The number of amides is 2. The molecule has 0 spiro atoms. The second kappa shape index (κ2) is 7.58. The van der Waals surface area contributed by atoms with Crippen molar-refractivity contribution in [2.45, 2.75) is 58.7 Å². The Morgan fingerprint density at radius 3 is 2.61 bits per heavy atom. The van der Waals surface area contributed by atoms with Gasteiger partial charge in [-0.2, -0.15) is 5.10 Å². The van der Waals surface area contributed by atoms with E-state index in [1.165, 1.54) is 16.8 Å². The predicted molar refractivity (Wildman–Crippen MR) is 107 cm³/mol. The standard InChI is InChI=1S/C21H26N4O3/c1-14-13-15-7-5-6-8-17(15)25(14)20(28)16-9-10-19(27)24(23-16)12-11-18(26)22-21(2,3)4/h5-10,14H,11-13H2,1-4H3,(H,22,26). The molecular formula is C21H26N4O3. The van der Waals surface area contributed by atoms with Crippen LogP contribution >= 0.6 is 0 Å². The van der Waals surface area contributed by atoms with Gasteiger partial charge in [0, 0.05) is 29.8 Å². The van der Waals surface area contributed by atoms with Crippen LogP contribution in [0.3, 0.4) is 0 Å². The van der Waals surface area contributed by atoms with Gasteiger partial charge in [-0.1, -0.05) is 18.2 Å². The highest BCUT2D eigenvalue weighted by Crippen LogP contribution is 2.32. The average Bonchev–Trinajstić information content (AvgIpc) is 2.94. The lowest BCUT2D eigenvalue weighted by Gasteiger charge is -2.22. The van der Waals surface area contributed by atoms with Gasteiger partial charge in [-0.25, -0.2) is 4.68 Å². The molecule has 1 aromatic carbocycles. The van der Waals surface area contributed by atoms with Crippen molar-refractivity contribution in [3.8, 4) is 0 Å². The maximum atomic E-state index is 13.1. The normalized spacial score (nSPS) is 16.0. The predicted octanol–water partition coefficient (Wildman–Crippen LogP) is 2.14. The second-order valence-electron chi connectivity index (χ2n) is 8.19. The van der Waals surface area contributed by atoms with E-state index in [4.69, 9.17) is 0 Å². The Labute approximate surface area is 164 Å². The van der Waals surface area contributed by atoms with E-state index in [1.807, 2.05) is 52.0 Å². The first-order chi connectivity index (χ1) is 13.2. The molecule has 7 heteroatoms. The lowest BCUT2D eigenvalue weighted by atomic mass is 10.1. The van der Waals surface area contributed by atoms with Crippen molar-refractivity contribution in [1.82, 2.24) is 15.1 Å². The molecule has 28 heavy (non-hydrogen) atoms. The van der Waals surface area contributed by atoms with Gasteiger partial charge < -0.3 is 10.2 Å². The van der Waals surface area contributed by atoms with Crippen LogP contribution in [0.5, 0.6) is 0 Å². The van der Waals surface area contributed by atoms with Crippen molar-refractivity contribution < 1.29 is 9.59 Å². The lowest BCUT2D eigenvalue weighted by Crippen LogP contribution is -2.41. The van der Waals surface area contributed by atoms with E-state index in [9.17, 15) is 14.4 Å². The fourth-order valence-corrected chi connectivity index (χ4v) is 3.41. The summed E-state index contributed by atoms with van der Waals surface area (Å²) in [7, 11) is 0. The number of hydrogen-bond donors (Lipinski definition) is 1. The lowest BCUT2D eigenvalue weighted by molar-refractivity contribution is -0.122. The van der Waals surface area contributed by atoms with Crippen molar-refractivity contribution in [3.63, 3.8) is 0 Å². The molecule has 1 N–H and O–H groups in total. The molecule has 2 heterocycles. The van der Waals surface area contributed by atoms with Crippen LogP contribution in [0.15, 0.2) is 41.2 Å². The Morgan fingerprint density at radius 1 is 1.18 bits per heavy atom. The summed E-state index contributed by atoms with van der Waals surface area (Å²) in [6, 6.07) is 10.6. The van der Waals surface area contributed by atoms with Crippen LogP contribution < -0.4 is 15.8 Å². The molecule has 1 aliphatic heterocycles. The number of nitrogens with one attached hydrogen (secondary N) is 1. The zero-order chi connectivity index (χ0) is 20.5. The molecule has 0 bridgehead atoms. The fourth-order valence-electron chi connectivity index (χ4n) is 3.41. The number of hydrogen-bond acceptors (Lipinski definition) is 4. The van der Waals surface area contributed by atoms with E-state index in [-0.39, 0.29) is 47.6 Å². The highest BCUT2D eigenvalue weighted by molar-refractivity contribution is 6.06. The summed E-state index contributed by atoms with van der Waals surface area (Å²) in [5.74, 6) is -0.412. The highest BCUT2D eigenvalue weighted by Gasteiger charge is 2.32. The molecule has 7 nitrogen and oxygen atoms in total. The number of benzene rings is 1. The Balaban J connectivity index is 1.79. The smallest absolute Gasteiger partial charge is 0.278 e. The Kier molecular flexibility index (Phi) is 5.36. The van der Waals surface area contributed by atoms with Crippen LogP contribution in [0.25, 0.3) is 0 Å². The third kappa shape index (κ3) is 4.30. The number of aromatic nitrogens is 2. The Bertz CT molecular complexity index is 959. The van der Waals surface area contributed by atoms with Gasteiger partial charge in [-0.3, -0.25) is 14.4 Å². The molecule has 1 aromatic heterocycles. The second-order valence-corrected chi connectivity index (χ2v) is 8.19. The number of fused-ring (bicyclic) bond motifs is 1. The van der Waals surface area contributed by atoms with Gasteiger partial charge in [-0.05, 0) is 51.8 Å². The minimum Gasteiger partial charge on any atom is -0.351 e. The van der Waals surface area contributed by atoms with Crippen molar-refractivity contribution in [1.29, 1.82) is 0 Å². The molecule has 3 rings (SSSR count). The number of carbonyl (C=O) groups excluding carboxylic acids is 2. The maximum Gasteiger partial charge on any atom is 0.278 e. The molecule has 0 radical (unpaired) electrons. The third-order valence-electron chi connectivity index (χ3n) is 4.58. The first-order valence-corrected chi connectivity index (χ1v) is 9.46.